The normalized spacial score (nSPS) is 10.4. The Bertz CT molecular complexity index is 666. The summed E-state index contributed by atoms with van der Waals surface area (Å²) < 4.78 is 0.728. The predicted molar refractivity (Wildman–Crippen MR) is 85.0 cm³/mol. The molecule has 104 valence electrons. The van der Waals surface area contributed by atoms with Gasteiger partial charge in [-0.05, 0) is 42.8 Å². The smallest absolute Gasteiger partial charge is 0.255 e. The monoisotopic (exact) mass is 373 g/mol. The molecule has 0 aliphatic heterocycles. The van der Waals surface area contributed by atoms with Gasteiger partial charge in [0.05, 0.1) is 15.7 Å². The van der Waals surface area contributed by atoms with Gasteiger partial charge in [-0.2, -0.15) is 0 Å². The van der Waals surface area contributed by atoms with E-state index in [1.807, 2.05) is 0 Å². The zero-order chi connectivity index (χ0) is 14.9. The summed E-state index contributed by atoms with van der Waals surface area (Å²) in [5, 5.41) is 12.8. The van der Waals surface area contributed by atoms with Crippen LogP contribution in [-0.4, -0.2) is 11.0 Å². The molecule has 0 radical (unpaired) electrons. The van der Waals surface area contributed by atoms with Crippen molar-refractivity contribution >= 4 is 50.7 Å². The highest BCUT2D eigenvalue weighted by Gasteiger charge is 2.13. The van der Waals surface area contributed by atoms with E-state index < -0.39 is 0 Å². The lowest BCUT2D eigenvalue weighted by Crippen LogP contribution is -2.12. The van der Waals surface area contributed by atoms with Crippen LogP contribution < -0.4 is 5.32 Å². The Balaban J connectivity index is 2.30. The van der Waals surface area contributed by atoms with E-state index in [0.29, 0.717) is 26.9 Å². The Morgan fingerprint density at radius 3 is 2.35 bits per heavy atom. The number of halogens is 3. The number of benzene rings is 2. The molecule has 0 aliphatic rings. The van der Waals surface area contributed by atoms with Gasteiger partial charge >= 0.3 is 0 Å². The fraction of sp³-hybridized carbons (Fsp3) is 0.0714. The SMILES string of the molecule is Cc1cc(C(=O)Nc2c(Cl)cc(Br)cc2Cl)ccc1O. The summed E-state index contributed by atoms with van der Waals surface area (Å²) in [6, 6.07) is 7.87. The molecule has 20 heavy (non-hydrogen) atoms. The number of hydrogen-bond acceptors (Lipinski definition) is 2. The maximum atomic E-state index is 12.1. The molecule has 0 bridgehead atoms. The standard InChI is InChI=1S/C14H10BrCl2NO2/c1-7-4-8(2-3-12(7)19)14(20)18-13-10(16)5-9(15)6-11(13)17/h2-6,19H,1H3,(H,18,20). The Labute approximate surface area is 134 Å². The van der Waals surface area contributed by atoms with Gasteiger partial charge in [-0.25, -0.2) is 0 Å². The first-order valence-corrected chi connectivity index (χ1v) is 7.19. The minimum atomic E-state index is -0.348. The largest absolute Gasteiger partial charge is 0.508 e. The third kappa shape index (κ3) is 3.26. The summed E-state index contributed by atoms with van der Waals surface area (Å²) in [5.74, 6) is -0.208. The number of hydrogen-bond donors (Lipinski definition) is 2. The van der Waals surface area contributed by atoms with Gasteiger partial charge in [0.15, 0.2) is 0 Å². The van der Waals surface area contributed by atoms with Crippen molar-refractivity contribution < 1.29 is 9.90 Å². The van der Waals surface area contributed by atoms with E-state index in [2.05, 4.69) is 21.2 Å². The van der Waals surface area contributed by atoms with E-state index >= 15 is 0 Å². The fourth-order valence-corrected chi connectivity index (χ4v) is 2.95. The van der Waals surface area contributed by atoms with Crippen LogP contribution in [0.1, 0.15) is 15.9 Å². The molecule has 0 heterocycles. The third-order valence-corrected chi connectivity index (χ3v) is 3.76. The lowest BCUT2D eigenvalue weighted by Gasteiger charge is -2.10. The summed E-state index contributed by atoms with van der Waals surface area (Å²) in [6.07, 6.45) is 0. The van der Waals surface area contributed by atoms with Gasteiger partial charge in [-0.1, -0.05) is 39.1 Å². The van der Waals surface area contributed by atoms with E-state index in [1.54, 1.807) is 25.1 Å². The van der Waals surface area contributed by atoms with Crippen LogP contribution in [0.3, 0.4) is 0 Å². The molecule has 0 saturated carbocycles. The van der Waals surface area contributed by atoms with Crippen molar-refractivity contribution in [3.8, 4) is 5.75 Å². The van der Waals surface area contributed by atoms with Gasteiger partial charge in [0.25, 0.3) is 5.91 Å². The zero-order valence-electron chi connectivity index (χ0n) is 10.4. The number of phenolic OH excluding ortho intramolecular Hbond substituents is 1. The average molecular weight is 375 g/mol. The van der Waals surface area contributed by atoms with Gasteiger partial charge in [0.2, 0.25) is 0 Å². The molecule has 2 N–H and O–H groups in total. The van der Waals surface area contributed by atoms with Crippen LogP contribution in [0, 0.1) is 6.92 Å². The van der Waals surface area contributed by atoms with E-state index in [9.17, 15) is 9.90 Å². The Morgan fingerprint density at radius 2 is 1.80 bits per heavy atom. The van der Waals surface area contributed by atoms with Gasteiger partial charge in [-0.15, -0.1) is 0 Å². The minimum Gasteiger partial charge on any atom is -0.508 e. The molecular formula is C14H10BrCl2NO2. The molecule has 0 fully saturated rings. The minimum absolute atomic E-state index is 0.140. The molecule has 2 aromatic carbocycles. The predicted octanol–water partition coefficient (Wildman–Crippen LogP) is 5.02. The van der Waals surface area contributed by atoms with Crippen molar-refractivity contribution in [2.24, 2.45) is 0 Å². The number of aromatic hydroxyl groups is 1. The molecule has 1 amide bonds. The van der Waals surface area contributed by atoms with Gasteiger partial charge in [0.1, 0.15) is 5.75 Å². The Hall–Kier alpha value is -1.23. The topological polar surface area (TPSA) is 49.3 Å². The molecule has 0 saturated heterocycles. The molecule has 0 unspecified atom stereocenters. The number of phenols is 1. The van der Waals surface area contributed by atoms with Gasteiger partial charge in [0, 0.05) is 10.0 Å². The van der Waals surface area contributed by atoms with E-state index in [0.717, 1.165) is 4.47 Å². The summed E-state index contributed by atoms with van der Waals surface area (Å²) in [4.78, 5) is 12.1. The van der Waals surface area contributed by atoms with Crippen molar-refractivity contribution in [3.63, 3.8) is 0 Å². The van der Waals surface area contributed by atoms with Gasteiger partial charge < -0.3 is 10.4 Å². The average Bonchev–Trinajstić information content (AvgIpc) is 2.36. The number of rotatable bonds is 2. The number of aryl methyl sites for hydroxylation is 1. The first-order chi connectivity index (χ1) is 9.38. The van der Waals surface area contributed by atoms with Crippen LogP contribution in [0.15, 0.2) is 34.8 Å². The molecule has 0 aromatic heterocycles. The Kier molecular flexibility index (Phi) is 4.58. The molecular weight excluding hydrogens is 365 g/mol. The summed E-state index contributed by atoms with van der Waals surface area (Å²) in [6.45, 7) is 1.71. The molecule has 2 rings (SSSR count). The summed E-state index contributed by atoms with van der Waals surface area (Å²) in [7, 11) is 0. The first kappa shape index (κ1) is 15.2. The van der Waals surface area contributed by atoms with Crippen LogP contribution in [0.4, 0.5) is 5.69 Å². The first-order valence-electron chi connectivity index (χ1n) is 5.64. The van der Waals surface area contributed by atoms with Crippen molar-refractivity contribution in [2.75, 3.05) is 5.32 Å². The zero-order valence-corrected chi connectivity index (χ0v) is 13.5. The molecule has 2 aromatic rings. The highest BCUT2D eigenvalue weighted by Crippen LogP contribution is 2.34. The third-order valence-electron chi connectivity index (χ3n) is 2.70. The van der Waals surface area contributed by atoms with Crippen LogP contribution >= 0.6 is 39.1 Å². The Morgan fingerprint density at radius 1 is 1.20 bits per heavy atom. The second kappa shape index (κ2) is 6.04. The second-order valence-electron chi connectivity index (χ2n) is 4.20. The quantitative estimate of drug-likeness (QED) is 0.775. The van der Waals surface area contributed by atoms with Gasteiger partial charge in [-0.3, -0.25) is 4.79 Å². The fourth-order valence-electron chi connectivity index (χ4n) is 1.64. The van der Waals surface area contributed by atoms with Crippen LogP contribution in [0.2, 0.25) is 10.0 Å². The highest BCUT2D eigenvalue weighted by atomic mass is 79.9. The van der Waals surface area contributed by atoms with Crippen LogP contribution in [0.5, 0.6) is 5.75 Å². The van der Waals surface area contributed by atoms with Crippen molar-refractivity contribution in [1.29, 1.82) is 0 Å². The maximum Gasteiger partial charge on any atom is 0.255 e. The number of nitrogens with one attached hydrogen (secondary N) is 1. The molecule has 0 spiro atoms. The van der Waals surface area contributed by atoms with Crippen LogP contribution in [-0.2, 0) is 0 Å². The number of carbonyl (C=O) groups is 1. The summed E-state index contributed by atoms with van der Waals surface area (Å²) in [5.41, 5.74) is 1.38. The highest BCUT2D eigenvalue weighted by molar-refractivity contribution is 9.10. The maximum absolute atomic E-state index is 12.1. The van der Waals surface area contributed by atoms with Crippen LogP contribution in [0.25, 0.3) is 0 Å². The van der Waals surface area contributed by atoms with E-state index in [4.69, 9.17) is 23.2 Å². The summed E-state index contributed by atoms with van der Waals surface area (Å²) >= 11 is 15.4. The van der Waals surface area contributed by atoms with E-state index in [-0.39, 0.29) is 11.7 Å². The molecule has 3 nitrogen and oxygen atoms in total. The second-order valence-corrected chi connectivity index (χ2v) is 5.93. The molecule has 0 atom stereocenters. The number of anilines is 1. The molecule has 0 aliphatic carbocycles. The van der Waals surface area contributed by atoms with Crippen molar-refractivity contribution in [2.45, 2.75) is 6.92 Å². The lowest BCUT2D eigenvalue weighted by molar-refractivity contribution is 0.102. The van der Waals surface area contributed by atoms with Crippen molar-refractivity contribution in [1.82, 2.24) is 0 Å². The van der Waals surface area contributed by atoms with Crippen molar-refractivity contribution in [3.05, 3.63) is 56.0 Å². The number of amides is 1. The lowest BCUT2D eigenvalue weighted by atomic mass is 10.1. The molecule has 6 heteroatoms. The number of carbonyl (C=O) groups excluding carboxylic acids is 1. The van der Waals surface area contributed by atoms with E-state index in [1.165, 1.54) is 12.1 Å².